The van der Waals surface area contributed by atoms with Crippen molar-refractivity contribution in [2.24, 2.45) is 0 Å². The molecule has 1 unspecified atom stereocenters. The van der Waals surface area contributed by atoms with Crippen LogP contribution in [0.2, 0.25) is 0 Å². The van der Waals surface area contributed by atoms with Crippen molar-refractivity contribution in [3.05, 3.63) is 93.3 Å². The normalized spacial score (nSPS) is 11.4. The van der Waals surface area contributed by atoms with E-state index >= 15 is 0 Å². The van der Waals surface area contributed by atoms with Crippen LogP contribution in [-0.2, 0) is 51.5 Å². The van der Waals surface area contributed by atoms with Gasteiger partial charge in [0.15, 0.2) is 0 Å². The van der Waals surface area contributed by atoms with Gasteiger partial charge in [-0.25, -0.2) is 28.1 Å². The second-order valence-electron chi connectivity index (χ2n) is 12.0. The Morgan fingerprint density at radius 2 is 1.08 bits per heavy atom. The van der Waals surface area contributed by atoms with Gasteiger partial charge in [0, 0.05) is 19.4 Å². The fourth-order valence-corrected chi connectivity index (χ4v) is 5.26. The van der Waals surface area contributed by atoms with Crippen LogP contribution in [0.25, 0.3) is 11.4 Å². The number of carboxylic acid groups (broad SMARTS) is 1. The first-order valence-electron chi connectivity index (χ1n) is 17.9. The monoisotopic (exact) mass is 1150 g/mol. The van der Waals surface area contributed by atoms with Crippen molar-refractivity contribution in [3.63, 3.8) is 0 Å². The Labute approximate surface area is 426 Å². The predicted octanol–water partition coefficient (Wildman–Crippen LogP) is 6.16. The maximum atomic E-state index is 12.5. The number of hydrogen-bond acceptors (Lipinski definition) is 11. The second-order valence-corrected chi connectivity index (χ2v) is 21.0. The molecule has 0 aliphatic carbocycles. The molecule has 0 amide bonds. The molecule has 5 atom stereocenters. The third-order valence-electron chi connectivity index (χ3n) is 8.01. The van der Waals surface area contributed by atoms with Gasteiger partial charge in [-0.2, -0.15) is 64.2 Å². The number of rotatable bonds is 15. The van der Waals surface area contributed by atoms with Crippen molar-refractivity contribution in [2.75, 3.05) is 13.2 Å². The summed E-state index contributed by atoms with van der Waals surface area (Å²) >= 11 is 4.06. The first-order chi connectivity index (χ1) is 26.6. The summed E-state index contributed by atoms with van der Waals surface area (Å²) in [6.45, 7) is 11.2. The average molecular weight is 1150 g/mol. The van der Waals surface area contributed by atoms with Crippen LogP contribution in [0.15, 0.2) is 70.8 Å². The number of aliphatic hydroxyl groups is 3. The number of carboxylic acids is 1. The fraction of sp³-hybridized carbons (Fsp3) is 0.538. The zero-order chi connectivity index (χ0) is 42.4. The van der Waals surface area contributed by atoms with Gasteiger partial charge in [-0.15, -0.1) is 0 Å². The van der Waals surface area contributed by atoms with E-state index in [-0.39, 0.29) is 119 Å². The summed E-state index contributed by atoms with van der Waals surface area (Å²) in [5.41, 5.74) is 2.64. The Hall–Kier alpha value is -1.67. The standard InChI is InChI=1S/C18H25N3O4.C16H21N3O4.C2H6O.3CH4.IOPS.4H2S.V/c1-4-16(13(3)22)21-18(24)20(12-19-21)15-9-6-14(7-10-15)8-11-17(23)25-5-2;1-3-14(11(2)20)19-16(23)18(10-17-19)13-7-4-12(5-8-13)6-9-15(21)22;1-2-3;;;;1-3(2)4;;;;;/h6-7,9-10,12-13,16,22H,4-5,8,11H2,1-3H3;4-5,7-8,10-11,14,20H,3,6,9H2,1-2H3,(H,21,22);3H,2H2,1H3;3*1H4;;4*1H2;/t13-,16-;11-,14-;;;;;;;;;;/m00........../s1. The number of aliphatic carboxylic acids is 1. The third-order valence-corrected chi connectivity index (χ3v) is 16.9. The van der Waals surface area contributed by atoms with E-state index < -0.39 is 22.7 Å². The Kier molecular flexibility index (Phi) is 50.1. The number of carbonyl (C=O) groups excluding carboxylic acids is 1. The summed E-state index contributed by atoms with van der Waals surface area (Å²) in [5, 5.41) is 44.0. The molecule has 0 spiro atoms. The summed E-state index contributed by atoms with van der Waals surface area (Å²) in [7, 11) is 1.31. The Morgan fingerprint density at radius 3 is 1.33 bits per heavy atom. The molecule has 63 heavy (non-hydrogen) atoms. The summed E-state index contributed by atoms with van der Waals surface area (Å²) in [4.78, 5) is 56.9. The first kappa shape index (κ1) is 75.6. The van der Waals surface area contributed by atoms with E-state index in [2.05, 4.69) is 25.9 Å². The third kappa shape index (κ3) is 26.9. The molecule has 0 aliphatic rings. The molecule has 0 fully saturated rings. The van der Waals surface area contributed by atoms with E-state index in [1.54, 1.807) is 52.0 Å². The zero-order valence-corrected chi connectivity index (χ0v) is 43.6. The van der Waals surface area contributed by atoms with Crippen molar-refractivity contribution in [1.82, 2.24) is 28.7 Å². The fourth-order valence-electron chi connectivity index (χ4n) is 5.26. The summed E-state index contributed by atoms with van der Waals surface area (Å²) in [5.74, 6) is -1.05. The maximum absolute atomic E-state index is 12.5. The summed E-state index contributed by atoms with van der Waals surface area (Å²) in [6.07, 6.45) is 4.22. The SMILES string of the molecule is C.C.C.CCO.CCOC(=O)CCc1ccc(-n2cnn([C@@H](CC)[C@H](C)O)c2=O)cc1.CC[C@@H]([C@H](C)O)n1ncn(-c2ccc(CCC(=O)O)cc2)c1=O.S.S.S.S.[O-][P+](I)=[S]=[V]. The zero-order valence-electron chi connectivity index (χ0n) is 34.3. The summed E-state index contributed by atoms with van der Waals surface area (Å²) < 4.78 is 9.39. The van der Waals surface area contributed by atoms with Crippen molar-refractivity contribution >= 4 is 101 Å². The minimum atomic E-state index is -0.989. The number of aromatic nitrogens is 6. The van der Waals surface area contributed by atoms with Gasteiger partial charge in [0.25, 0.3) is 0 Å². The number of aryl methyl sites for hydroxylation is 2. The molecule has 2 aromatic carbocycles. The van der Waals surface area contributed by atoms with Crippen LogP contribution >= 0.6 is 80.6 Å². The molecule has 4 aromatic rings. The Bertz CT molecular complexity index is 1960. The molecule has 2 heterocycles. The van der Waals surface area contributed by atoms with Gasteiger partial charge < -0.3 is 25.2 Å². The van der Waals surface area contributed by atoms with Crippen molar-refractivity contribution in [3.8, 4) is 11.4 Å². The van der Waals surface area contributed by atoms with E-state index in [0.29, 0.717) is 50.1 Å². The molecule has 0 bridgehead atoms. The first-order valence-corrected chi connectivity index (χ1v) is 25.0. The van der Waals surface area contributed by atoms with E-state index in [4.69, 9.17) is 14.9 Å². The van der Waals surface area contributed by atoms with Crippen LogP contribution in [0.3, 0.4) is 0 Å². The van der Waals surface area contributed by atoms with Gasteiger partial charge in [-0.1, -0.05) is 60.4 Å². The molecule has 0 radical (unpaired) electrons. The molecule has 16 nitrogen and oxygen atoms in total. The van der Waals surface area contributed by atoms with Crippen LogP contribution in [0.5, 0.6) is 0 Å². The number of aliphatic hydroxyl groups excluding tert-OH is 3. The molecule has 2 aromatic heterocycles. The van der Waals surface area contributed by atoms with Gasteiger partial charge in [0.1, 0.15) is 12.7 Å². The molecular weight excluding hydrogens is 1080 g/mol. The van der Waals surface area contributed by atoms with E-state index in [0.717, 1.165) is 11.1 Å². The number of hydrogen-bond donors (Lipinski definition) is 4. The van der Waals surface area contributed by atoms with Crippen molar-refractivity contribution in [1.29, 1.82) is 0 Å². The molecule has 365 valence electrons. The average Bonchev–Trinajstić information content (AvgIpc) is 3.73. The quantitative estimate of drug-likeness (QED) is 0.0597. The van der Waals surface area contributed by atoms with Gasteiger partial charge >= 0.3 is 79.1 Å². The van der Waals surface area contributed by atoms with Crippen molar-refractivity contribution < 1.29 is 55.4 Å². The van der Waals surface area contributed by atoms with E-state index in [1.165, 1.54) is 39.7 Å². The molecule has 4 rings (SSSR count). The molecule has 0 saturated heterocycles. The number of ether oxygens (including phenoxy) is 1. The van der Waals surface area contributed by atoms with Crippen LogP contribution in [0, 0.1) is 0 Å². The Morgan fingerprint density at radius 1 is 0.762 bits per heavy atom. The molecule has 0 saturated carbocycles. The molecule has 4 N–H and O–H groups in total. The topological polar surface area (TPSA) is 227 Å². The van der Waals surface area contributed by atoms with Crippen molar-refractivity contribution in [2.45, 2.75) is 127 Å². The van der Waals surface area contributed by atoms with Crippen LogP contribution in [0.4, 0.5) is 0 Å². The number of benzene rings is 2. The molecular formula is C39H72IN6O10PS5V. The van der Waals surface area contributed by atoms with Gasteiger partial charge in [0.05, 0.1) is 42.3 Å². The second kappa shape index (κ2) is 41.7. The van der Waals surface area contributed by atoms with Crippen LogP contribution in [-0.4, -0.2) is 86.5 Å². The van der Waals surface area contributed by atoms with E-state index in [9.17, 15) is 34.3 Å². The van der Waals surface area contributed by atoms with Gasteiger partial charge in [-0.05, 0) is 88.8 Å². The number of nitrogens with zero attached hydrogens (tertiary/aromatic N) is 6. The summed E-state index contributed by atoms with van der Waals surface area (Å²) in [6, 6.07) is 13.8. The molecule has 0 aliphatic heterocycles. The van der Waals surface area contributed by atoms with Gasteiger partial charge in [0.2, 0.25) is 0 Å². The van der Waals surface area contributed by atoms with Crippen LogP contribution in [0.1, 0.15) is 113 Å². The molecule has 24 heteroatoms. The van der Waals surface area contributed by atoms with Gasteiger partial charge in [-0.3, -0.25) is 9.59 Å². The number of halogens is 1. The number of esters is 1. The Balaban J connectivity index is -0.000000155. The minimum absolute atomic E-state index is 0. The number of carbonyl (C=O) groups is 2. The predicted molar refractivity (Wildman–Crippen MR) is 281 cm³/mol. The van der Waals surface area contributed by atoms with Crippen LogP contribution < -0.4 is 16.3 Å². The van der Waals surface area contributed by atoms with E-state index in [1.807, 2.05) is 60.2 Å².